The zero-order valence-corrected chi connectivity index (χ0v) is 42.0. The predicted octanol–water partition coefficient (Wildman–Crippen LogP) is 14.3. The molecular weight excluding hydrogens is 858 g/mol. The summed E-state index contributed by atoms with van der Waals surface area (Å²) in [5, 5.41) is 6.68. The second kappa shape index (κ2) is 17.5. The molecule has 2 amide bonds. The van der Waals surface area contributed by atoms with Crippen LogP contribution in [0.4, 0.5) is 0 Å². The Hall–Kier alpha value is -3.17. The van der Waals surface area contributed by atoms with Crippen molar-refractivity contribution in [3.63, 3.8) is 0 Å². The van der Waals surface area contributed by atoms with Crippen LogP contribution in [-0.2, 0) is 36.6 Å². The van der Waals surface area contributed by atoms with Crippen molar-refractivity contribution in [2.75, 3.05) is 0 Å². The summed E-state index contributed by atoms with van der Waals surface area (Å²) in [4.78, 5) is 27.8. The van der Waals surface area contributed by atoms with Gasteiger partial charge < -0.3 is 0 Å². The van der Waals surface area contributed by atoms with Crippen LogP contribution < -0.4 is 10.5 Å². The first kappa shape index (κ1) is 46.3. The first-order chi connectivity index (χ1) is 28.2. The number of rotatable bonds is 13. The van der Waals surface area contributed by atoms with E-state index >= 15 is 0 Å². The van der Waals surface area contributed by atoms with Crippen LogP contribution in [0.3, 0.4) is 0 Å². The van der Waals surface area contributed by atoms with Gasteiger partial charge in [-0.25, -0.2) is 0 Å². The van der Waals surface area contributed by atoms with Crippen molar-refractivity contribution in [3.8, 4) is 22.3 Å². The van der Waals surface area contributed by atoms with Gasteiger partial charge in [-0.1, -0.05) is 0 Å². The fourth-order valence-corrected chi connectivity index (χ4v) is 30.7. The van der Waals surface area contributed by atoms with Crippen LogP contribution in [0.1, 0.15) is 149 Å². The van der Waals surface area contributed by atoms with Crippen LogP contribution in [0.15, 0.2) is 96.1 Å². The monoisotopic (exact) mass is 921 g/mol. The SMILES string of the molecule is CCC(=O)N[B](NC(=O)CC)[Zr]([Cl])([Cl])([CH]1C(C(C)CC)=Cc2c(-c3ccccc3C(C)(C)C)cccc21)[CH]1C(C(C)CC)=Cc2c(-c3ccccc3C(C)(C)C)cccc21. The third kappa shape index (κ3) is 8.24. The van der Waals surface area contributed by atoms with Crippen molar-refractivity contribution in [1.82, 2.24) is 10.5 Å². The molecule has 4 aromatic rings. The normalized spacial score (nSPS) is 18.0. The number of benzene rings is 4. The van der Waals surface area contributed by atoms with Gasteiger partial charge in [0.25, 0.3) is 0 Å². The average molecular weight is 924 g/mol. The van der Waals surface area contributed by atoms with E-state index in [4.69, 9.17) is 17.0 Å². The van der Waals surface area contributed by atoms with Gasteiger partial charge in [0.1, 0.15) is 0 Å². The van der Waals surface area contributed by atoms with Crippen LogP contribution in [-0.4, -0.2) is 16.3 Å². The first-order valence-corrected chi connectivity index (χ1v) is 32.9. The minimum atomic E-state index is -6.14. The maximum atomic E-state index is 13.9. The van der Waals surface area contributed by atoms with Crippen molar-refractivity contribution >= 4 is 45.5 Å². The van der Waals surface area contributed by atoms with Crippen LogP contribution in [0.2, 0.25) is 0 Å². The molecule has 0 aliphatic heterocycles. The van der Waals surface area contributed by atoms with E-state index in [2.05, 4.69) is 177 Å². The fraction of sp³-hybridized carbons (Fsp3) is 0.423. The molecule has 317 valence electrons. The molecule has 2 aliphatic carbocycles. The molecule has 0 spiro atoms. The Balaban J connectivity index is 1.77. The number of fused-ring (bicyclic) bond motifs is 2. The van der Waals surface area contributed by atoms with E-state index in [1.807, 2.05) is 13.8 Å². The molecule has 0 saturated carbocycles. The summed E-state index contributed by atoms with van der Waals surface area (Å²) in [7, 11) is 18.2. The molecule has 0 aromatic heterocycles. The molecule has 6 rings (SSSR count). The molecule has 2 N–H and O–H groups in total. The van der Waals surface area contributed by atoms with Gasteiger partial charge in [-0.2, -0.15) is 0 Å². The summed E-state index contributed by atoms with van der Waals surface area (Å²) in [6.45, 7) is 26.2. The molecule has 4 atom stereocenters. The van der Waals surface area contributed by atoms with Crippen LogP contribution in [0.5, 0.6) is 0 Å². The summed E-state index contributed by atoms with van der Waals surface area (Å²) in [6, 6.07) is 30.6. The van der Waals surface area contributed by atoms with Gasteiger partial charge in [0.15, 0.2) is 0 Å². The molecule has 4 aromatic carbocycles. The van der Waals surface area contributed by atoms with E-state index in [0.717, 1.165) is 46.2 Å². The molecule has 0 saturated heterocycles. The molecule has 4 unspecified atom stereocenters. The first-order valence-electron chi connectivity index (χ1n) is 22.3. The molecular formula is C52H66BCl2N2O2Zr. The van der Waals surface area contributed by atoms with E-state index < -0.39 is 27.9 Å². The summed E-state index contributed by atoms with van der Waals surface area (Å²) in [6.07, 6.45) is 6.95. The van der Waals surface area contributed by atoms with E-state index in [0.29, 0.717) is 0 Å². The fourth-order valence-electron chi connectivity index (χ4n) is 9.96. The molecule has 0 heterocycles. The predicted molar refractivity (Wildman–Crippen MR) is 256 cm³/mol. The van der Waals surface area contributed by atoms with Crippen LogP contribution in [0, 0.1) is 11.8 Å². The number of hydrogen-bond donors (Lipinski definition) is 2. The van der Waals surface area contributed by atoms with E-state index in [1.54, 1.807) is 0 Å². The topological polar surface area (TPSA) is 58.2 Å². The van der Waals surface area contributed by atoms with Crippen LogP contribution >= 0.6 is 17.0 Å². The average Bonchev–Trinajstić information content (AvgIpc) is 3.83. The van der Waals surface area contributed by atoms with Gasteiger partial charge in [0.2, 0.25) is 0 Å². The number of halogens is 2. The molecule has 8 heteroatoms. The van der Waals surface area contributed by atoms with Crippen molar-refractivity contribution in [3.05, 3.63) is 129 Å². The Kier molecular flexibility index (Phi) is 13.5. The van der Waals surface area contributed by atoms with Crippen molar-refractivity contribution < 1.29 is 25.8 Å². The van der Waals surface area contributed by atoms with Gasteiger partial charge in [-0.05, 0) is 0 Å². The number of carbonyl (C=O) groups excluding carboxylic acids is 2. The number of carbonyl (C=O) groups is 2. The Bertz CT molecular complexity index is 2190. The molecule has 0 fully saturated rings. The standard InChI is InChI=1S/2C23H27.C6H11BN2O2.2ClH.Zr/c2*1-6-16(2)18-14-17-10-9-12-19(21(17)15-18)20-11-7-8-13-22(20)23(3,4)5;1-3-5(10)8-7-9-6(11)4-2;;;/h2*7-16H,6H2,1-5H3;3-4H2,1-2H3,(H-,8,9,10,11);2*1H;/q;;;;;+1/p-1. The Morgan fingerprint density at radius 2 is 0.933 bits per heavy atom. The van der Waals surface area contributed by atoms with E-state index in [1.165, 1.54) is 33.4 Å². The van der Waals surface area contributed by atoms with Gasteiger partial charge >= 0.3 is 372 Å². The second-order valence-electron chi connectivity index (χ2n) is 19.5. The maximum absolute atomic E-state index is 13.9. The van der Waals surface area contributed by atoms with E-state index in [9.17, 15) is 9.59 Å². The molecule has 2 aliphatic rings. The third-order valence-electron chi connectivity index (χ3n) is 13.5. The Morgan fingerprint density at radius 1 is 0.583 bits per heavy atom. The van der Waals surface area contributed by atoms with Crippen LogP contribution in [0.25, 0.3) is 34.4 Å². The zero-order chi connectivity index (χ0) is 44.0. The van der Waals surface area contributed by atoms with Gasteiger partial charge in [-0.15, -0.1) is 0 Å². The van der Waals surface area contributed by atoms with Gasteiger partial charge in [0, 0.05) is 0 Å². The Labute approximate surface area is 369 Å². The van der Waals surface area contributed by atoms with Crippen molar-refractivity contribution in [1.29, 1.82) is 0 Å². The summed E-state index contributed by atoms with van der Waals surface area (Å²) in [5.74, 6) is -0.161. The molecule has 4 nitrogen and oxygen atoms in total. The number of nitrogens with one attached hydrogen (secondary N) is 2. The zero-order valence-electron chi connectivity index (χ0n) is 38.0. The number of amides is 2. The summed E-state index contributed by atoms with van der Waals surface area (Å²) in [5.41, 5.74) is 13.7. The number of hydrogen-bond acceptors (Lipinski definition) is 2. The molecule has 0 bridgehead atoms. The Morgan fingerprint density at radius 3 is 1.27 bits per heavy atom. The minimum absolute atomic E-state index is 0.101. The molecule has 0 radical (unpaired) electrons. The van der Waals surface area contributed by atoms with Crippen molar-refractivity contribution in [2.45, 2.75) is 127 Å². The summed E-state index contributed by atoms with van der Waals surface area (Å²) >= 11 is -6.14. The van der Waals surface area contributed by atoms with Gasteiger partial charge in [0.05, 0.1) is 0 Å². The quantitative estimate of drug-likeness (QED) is 0.131. The third-order valence-corrected chi connectivity index (χ3v) is 33.3. The van der Waals surface area contributed by atoms with E-state index in [-0.39, 0.29) is 47.3 Å². The molecule has 60 heavy (non-hydrogen) atoms. The summed E-state index contributed by atoms with van der Waals surface area (Å²) < 4.78 is -1.85. The second-order valence-corrected chi connectivity index (χ2v) is 40.9. The van der Waals surface area contributed by atoms with Gasteiger partial charge in [-0.3, -0.25) is 0 Å². The number of allylic oxidation sites excluding steroid dienone is 2. The van der Waals surface area contributed by atoms with Crippen molar-refractivity contribution in [2.24, 2.45) is 11.8 Å².